The van der Waals surface area contributed by atoms with E-state index in [1.165, 1.54) is 10.4 Å². The minimum atomic E-state index is -3.62. The number of morpholine rings is 1. The van der Waals surface area contributed by atoms with E-state index in [4.69, 9.17) is 14.2 Å². The van der Waals surface area contributed by atoms with Crippen LogP contribution in [0.5, 0.6) is 11.5 Å². The van der Waals surface area contributed by atoms with Gasteiger partial charge in [0.1, 0.15) is 13.2 Å². The standard InChI is InChI=1S/C18H19NO5S/c20-25(21,15-6-7-16-17(12-15)24-11-10-23-16)19-8-9-22-18(13-19)14-4-2-1-3-5-14/h1-7,12,18H,8-11,13H2/t18-/m0/s1. The number of benzene rings is 2. The van der Waals surface area contributed by atoms with E-state index in [1.807, 2.05) is 30.3 Å². The van der Waals surface area contributed by atoms with Gasteiger partial charge in [0.25, 0.3) is 0 Å². The van der Waals surface area contributed by atoms with Gasteiger partial charge in [-0.2, -0.15) is 4.31 Å². The number of hydrogen-bond donors (Lipinski definition) is 0. The van der Waals surface area contributed by atoms with Gasteiger partial charge in [0.2, 0.25) is 10.0 Å². The van der Waals surface area contributed by atoms with Crippen molar-refractivity contribution in [2.75, 3.05) is 32.9 Å². The zero-order valence-corrected chi connectivity index (χ0v) is 14.4. The molecule has 7 heteroatoms. The van der Waals surface area contributed by atoms with Crippen LogP contribution in [-0.4, -0.2) is 45.6 Å². The van der Waals surface area contributed by atoms with Crippen LogP contribution >= 0.6 is 0 Å². The molecule has 0 spiro atoms. The summed E-state index contributed by atoms with van der Waals surface area (Å²) in [6.07, 6.45) is -0.262. The number of ether oxygens (including phenoxy) is 3. The van der Waals surface area contributed by atoms with Crippen LogP contribution in [0, 0.1) is 0 Å². The maximum absolute atomic E-state index is 13.0. The molecule has 0 unspecified atom stereocenters. The van der Waals surface area contributed by atoms with E-state index in [0.29, 0.717) is 44.4 Å². The first-order chi connectivity index (χ1) is 12.1. The van der Waals surface area contributed by atoms with E-state index >= 15 is 0 Å². The van der Waals surface area contributed by atoms with Crippen molar-refractivity contribution in [3.8, 4) is 11.5 Å². The van der Waals surface area contributed by atoms with Crippen LogP contribution in [0.4, 0.5) is 0 Å². The largest absolute Gasteiger partial charge is 0.486 e. The zero-order valence-electron chi connectivity index (χ0n) is 13.6. The lowest BCUT2D eigenvalue weighted by atomic mass is 10.1. The summed E-state index contributed by atoms with van der Waals surface area (Å²) in [5.41, 5.74) is 0.976. The highest BCUT2D eigenvalue weighted by Crippen LogP contribution is 2.34. The molecule has 6 nitrogen and oxygen atoms in total. The van der Waals surface area contributed by atoms with E-state index in [1.54, 1.807) is 12.1 Å². The molecule has 0 aromatic heterocycles. The summed E-state index contributed by atoms with van der Waals surface area (Å²) in [7, 11) is -3.62. The highest BCUT2D eigenvalue weighted by atomic mass is 32.2. The van der Waals surface area contributed by atoms with E-state index in [0.717, 1.165) is 5.56 Å². The Morgan fingerprint density at radius 3 is 2.48 bits per heavy atom. The molecule has 25 heavy (non-hydrogen) atoms. The van der Waals surface area contributed by atoms with Crippen molar-refractivity contribution in [1.82, 2.24) is 4.31 Å². The molecule has 4 rings (SSSR count). The maximum atomic E-state index is 13.0. The first-order valence-electron chi connectivity index (χ1n) is 8.21. The maximum Gasteiger partial charge on any atom is 0.243 e. The molecule has 2 aliphatic rings. The number of rotatable bonds is 3. The van der Waals surface area contributed by atoms with Gasteiger partial charge < -0.3 is 14.2 Å². The Kier molecular flexibility index (Phi) is 4.37. The third kappa shape index (κ3) is 3.22. The number of nitrogens with zero attached hydrogens (tertiary/aromatic N) is 1. The fourth-order valence-electron chi connectivity index (χ4n) is 3.05. The Morgan fingerprint density at radius 1 is 0.920 bits per heavy atom. The lowest BCUT2D eigenvalue weighted by Crippen LogP contribution is -2.42. The van der Waals surface area contributed by atoms with Gasteiger partial charge in [-0.05, 0) is 17.7 Å². The molecule has 0 amide bonds. The SMILES string of the molecule is O=S(=O)(c1ccc2c(c1)OCCO2)N1CCO[C@H](c2ccccc2)C1. The van der Waals surface area contributed by atoms with E-state index in [2.05, 4.69) is 0 Å². The van der Waals surface area contributed by atoms with Crippen LogP contribution in [0.2, 0.25) is 0 Å². The molecule has 2 aromatic rings. The molecular weight excluding hydrogens is 342 g/mol. The van der Waals surface area contributed by atoms with Crippen molar-refractivity contribution in [3.05, 3.63) is 54.1 Å². The highest BCUT2D eigenvalue weighted by Gasteiger charge is 2.32. The van der Waals surface area contributed by atoms with E-state index in [9.17, 15) is 8.42 Å². The molecule has 0 radical (unpaired) electrons. The van der Waals surface area contributed by atoms with E-state index < -0.39 is 10.0 Å². The van der Waals surface area contributed by atoms with Crippen LogP contribution in [0.3, 0.4) is 0 Å². The average Bonchev–Trinajstić information content (AvgIpc) is 2.68. The van der Waals surface area contributed by atoms with Crippen molar-refractivity contribution >= 4 is 10.0 Å². The van der Waals surface area contributed by atoms with Crippen molar-refractivity contribution in [1.29, 1.82) is 0 Å². The highest BCUT2D eigenvalue weighted by molar-refractivity contribution is 7.89. The Hall–Kier alpha value is -2.09. The van der Waals surface area contributed by atoms with Gasteiger partial charge in [0.05, 0.1) is 17.6 Å². The molecule has 132 valence electrons. The molecule has 0 N–H and O–H groups in total. The van der Waals surface area contributed by atoms with Gasteiger partial charge in [-0.15, -0.1) is 0 Å². The predicted octanol–water partition coefficient (Wildman–Crippen LogP) is 2.22. The third-order valence-corrected chi connectivity index (χ3v) is 6.21. The second-order valence-electron chi connectivity index (χ2n) is 5.94. The first kappa shape index (κ1) is 16.4. The van der Waals surface area contributed by atoms with Crippen LogP contribution < -0.4 is 9.47 Å². The first-order valence-corrected chi connectivity index (χ1v) is 9.65. The smallest absolute Gasteiger partial charge is 0.243 e. The zero-order chi connectivity index (χ0) is 17.3. The number of sulfonamides is 1. The fraction of sp³-hybridized carbons (Fsp3) is 0.333. The lowest BCUT2D eigenvalue weighted by molar-refractivity contribution is -0.00256. The summed E-state index contributed by atoms with van der Waals surface area (Å²) in [6.45, 7) is 1.88. The summed E-state index contributed by atoms with van der Waals surface area (Å²) in [5.74, 6) is 1.05. The van der Waals surface area contributed by atoms with E-state index in [-0.39, 0.29) is 11.0 Å². The minimum Gasteiger partial charge on any atom is -0.486 e. The molecule has 1 fully saturated rings. The van der Waals surface area contributed by atoms with Gasteiger partial charge >= 0.3 is 0 Å². The predicted molar refractivity (Wildman–Crippen MR) is 91.3 cm³/mol. The van der Waals surface area contributed by atoms with Crippen molar-refractivity contribution in [3.63, 3.8) is 0 Å². The van der Waals surface area contributed by atoms with Gasteiger partial charge in [0.15, 0.2) is 11.5 Å². The Balaban J connectivity index is 1.59. The van der Waals surface area contributed by atoms with Crippen molar-refractivity contribution in [2.24, 2.45) is 0 Å². The summed E-state index contributed by atoms with van der Waals surface area (Å²) < 4.78 is 44.2. The number of hydrogen-bond acceptors (Lipinski definition) is 5. The molecule has 0 bridgehead atoms. The summed E-state index contributed by atoms with van der Waals surface area (Å²) in [5, 5.41) is 0. The van der Waals surface area contributed by atoms with Gasteiger partial charge in [-0.25, -0.2) is 8.42 Å². The molecule has 2 aliphatic heterocycles. The average molecular weight is 361 g/mol. The number of fused-ring (bicyclic) bond motifs is 1. The molecule has 2 aromatic carbocycles. The fourth-order valence-corrected chi connectivity index (χ4v) is 4.49. The second kappa shape index (κ2) is 6.67. The lowest BCUT2D eigenvalue weighted by Gasteiger charge is -2.32. The Bertz CT molecular complexity index is 853. The minimum absolute atomic E-state index is 0.213. The third-order valence-electron chi connectivity index (χ3n) is 4.35. The molecule has 1 atom stereocenters. The van der Waals surface area contributed by atoms with Crippen molar-refractivity contribution < 1.29 is 22.6 Å². The summed E-state index contributed by atoms with van der Waals surface area (Å²) >= 11 is 0. The normalized spacial score (nSPS) is 21.0. The van der Waals surface area contributed by atoms with Gasteiger partial charge in [-0.3, -0.25) is 0 Å². The van der Waals surface area contributed by atoms with Gasteiger partial charge in [-0.1, -0.05) is 30.3 Å². The molecule has 2 heterocycles. The van der Waals surface area contributed by atoms with Crippen LogP contribution in [0.15, 0.2) is 53.4 Å². The topological polar surface area (TPSA) is 65.1 Å². The van der Waals surface area contributed by atoms with Gasteiger partial charge in [0, 0.05) is 19.2 Å². The Morgan fingerprint density at radius 2 is 1.68 bits per heavy atom. The van der Waals surface area contributed by atoms with Crippen molar-refractivity contribution in [2.45, 2.75) is 11.0 Å². The van der Waals surface area contributed by atoms with Crippen LogP contribution in [0.25, 0.3) is 0 Å². The summed E-state index contributed by atoms with van der Waals surface area (Å²) in [6, 6.07) is 14.4. The van der Waals surface area contributed by atoms with Crippen LogP contribution in [0.1, 0.15) is 11.7 Å². The molecular formula is C18H19NO5S. The monoisotopic (exact) mass is 361 g/mol. The quantitative estimate of drug-likeness (QED) is 0.839. The molecule has 1 saturated heterocycles. The Labute approximate surface area is 147 Å². The summed E-state index contributed by atoms with van der Waals surface area (Å²) in [4.78, 5) is 0.213. The van der Waals surface area contributed by atoms with Crippen LogP contribution in [-0.2, 0) is 14.8 Å². The molecule has 0 saturated carbocycles. The second-order valence-corrected chi connectivity index (χ2v) is 7.88. The molecule has 0 aliphatic carbocycles.